The number of primary amides is 1. The second-order valence-corrected chi connectivity index (χ2v) is 6.64. The normalized spacial score (nSPS) is 44.0. The molecule has 0 unspecified atom stereocenters. The molecule has 6 heteroatoms. The fraction of sp³-hybridized carbons (Fsp3) is 0.667. The highest BCUT2D eigenvalue weighted by atomic mass is 16.7. The molecule has 2 aliphatic heterocycles. The zero-order valence-corrected chi connectivity index (χ0v) is 12.1. The molecule has 0 aromatic heterocycles. The minimum Gasteiger partial charge on any atom is -0.433 e. The van der Waals surface area contributed by atoms with Crippen molar-refractivity contribution in [3.63, 3.8) is 0 Å². The third-order valence-corrected chi connectivity index (χ3v) is 5.66. The SMILES string of the molecule is C/C(=C\C(=O)C[C@@]12C(=O)O[C@]3(O)C[C@@H]1C[C@@H]2[C@@H]3C)C(N)=O. The number of rotatable bonds is 4. The number of amides is 1. The van der Waals surface area contributed by atoms with E-state index in [1.165, 1.54) is 13.0 Å². The number of fused-ring (bicyclic) bond motifs is 1. The van der Waals surface area contributed by atoms with Gasteiger partial charge in [0.1, 0.15) is 0 Å². The molecule has 21 heavy (non-hydrogen) atoms. The fourth-order valence-corrected chi connectivity index (χ4v) is 4.35. The second kappa shape index (κ2) is 4.16. The van der Waals surface area contributed by atoms with Crippen molar-refractivity contribution >= 4 is 17.7 Å². The average Bonchev–Trinajstić information content (AvgIpc) is 2.36. The highest BCUT2D eigenvalue weighted by Crippen LogP contribution is 2.70. The van der Waals surface area contributed by atoms with Crippen molar-refractivity contribution in [2.45, 2.75) is 38.9 Å². The van der Waals surface area contributed by atoms with E-state index in [0.29, 0.717) is 6.42 Å². The van der Waals surface area contributed by atoms with Crippen LogP contribution in [-0.2, 0) is 19.1 Å². The predicted molar refractivity (Wildman–Crippen MR) is 71.4 cm³/mol. The van der Waals surface area contributed by atoms with Gasteiger partial charge >= 0.3 is 5.97 Å². The van der Waals surface area contributed by atoms with E-state index >= 15 is 0 Å². The topological polar surface area (TPSA) is 107 Å². The van der Waals surface area contributed by atoms with Crippen LogP contribution in [0.25, 0.3) is 0 Å². The van der Waals surface area contributed by atoms with E-state index in [1.807, 2.05) is 6.92 Å². The molecule has 3 N–H and O–H groups in total. The maximum atomic E-state index is 12.3. The molecule has 3 saturated carbocycles. The van der Waals surface area contributed by atoms with Crippen molar-refractivity contribution in [2.24, 2.45) is 28.9 Å². The lowest BCUT2D eigenvalue weighted by Gasteiger charge is -2.68. The zero-order valence-electron chi connectivity index (χ0n) is 12.1. The minimum atomic E-state index is -1.37. The second-order valence-electron chi connectivity index (χ2n) is 6.64. The van der Waals surface area contributed by atoms with Crippen molar-refractivity contribution in [3.05, 3.63) is 11.6 Å². The number of allylic oxidation sites excluding steroid dienone is 1. The van der Waals surface area contributed by atoms with E-state index in [1.54, 1.807) is 0 Å². The van der Waals surface area contributed by atoms with Crippen LogP contribution in [0.2, 0.25) is 0 Å². The van der Waals surface area contributed by atoms with Gasteiger partial charge in [0.05, 0.1) is 5.41 Å². The maximum Gasteiger partial charge on any atom is 0.315 e. The van der Waals surface area contributed by atoms with Gasteiger partial charge in [-0.2, -0.15) is 0 Å². The molecule has 5 atom stereocenters. The molecule has 5 aliphatic rings. The van der Waals surface area contributed by atoms with E-state index in [0.717, 1.165) is 6.42 Å². The summed E-state index contributed by atoms with van der Waals surface area (Å²) in [5.41, 5.74) is 4.46. The van der Waals surface area contributed by atoms with Gasteiger partial charge in [0, 0.05) is 24.3 Å². The molecular formula is C15H19NO5. The van der Waals surface area contributed by atoms with Gasteiger partial charge in [0.15, 0.2) is 5.78 Å². The summed E-state index contributed by atoms with van der Waals surface area (Å²) in [4.78, 5) is 35.4. The van der Waals surface area contributed by atoms with Crippen LogP contribution in [0.5, 0.6) is 0 Å². The molecule has 114 valence electrons. The first-order valence-corrected chi connectivity index (χ1v) is 7.17. The van der Waals surface area contributed by atoms with Crippen molar-refractivity contribution in [2.75, 3.05) is 0 Å². The van der Waals surface area contributed by atoms with Crippen LogP contribution in [0.4, 0.5) is 0 Å². The number of hydrogen-bond acceptors (Lipinski definition) is 5. The quantitative estimate of drug-likeness (QED) is 0.572. The third-order valence-electron chi connectivity index (χ3n) is 5.66. The Balaban J connectivity index is 1.86. The molecule has 0 aromatic rings. The standard InChI is InChI=1S/C15H19NO5/c1-7(12(16)18)3-10(17)6-14-9-4-11(14)8(2)15(20,5-9)21-13(14)19/h3,8-9,11,20H,4-6H2,1-2H3,(H2,16,18)/b7-3+/t8-,9-,11+,14+,15+/m0/s1. The Morgan fingerprint density at radius 3 is 2.71 bits per heavy atom. The lowest BCUT2D eigenvalue weighted by Crippen LogP contribution is -2.74. The number of esters is 1. The van der Waals surface area contributed by atoms with Crippen molar-refractivity contribution in [3.8, 4) is 0 Å². The smallest absolute Gasteiger partial charge is 0.315 e. The van der Waals surface area contributed by atoms with Crippen LogP contribution in [0.15, 0.2) is 11.6 Å². The Morgan fingerprint density at radius 1 is 1.52 bits per heavy atom. The number of nitrogens with two attached hydrogens (primary N) is 1. The molecule has 0 aromatic carbocycles. The summed E-state index contributed by atoms with van der Waals surface area (Å²) in [6.07, 6.45) is 2.45. The predicted octanol–water partition coefficient (Wildman–Crippen LogP) is 0.285. The molecule has 1 amide bonds. The van der Waals surface area contributed by atoms with E-state index in [4.69, 9.17) is 10.5 Å². The highest BCUT2D eigenvalue weighted by Gasteiger charge is 2.75. The number of carbonyl (C=O) groups excluding carboxylic acids is 3. The number of carbonyl (C=O) groups is 3. The number of ether oxygens (including phenoxy) is 1. The first kappa shape index (κ1) is 14.3. The Hall–Kier alpha value is -1.69. The van der Waals surface area contributed by atoms with Crippen LogP contribution < -0.4 is 5.73 Å². The Labute approximate surface area is 122 Å². The molecular weight excluding hydrogens is 274 g/mol. The van der Waals surface area contributed by atoms with Gasteiger partial charge in [-0.15, -0.1) is 0 Å². The largest absolute Gasteiger partial charge is 0.433 e. The van der Waals surface area contributed by atoms with E-state index < -0.39 is 23.1 Å². The van der Waals surface area contributed by atoms with Crippen LogP contribution in [0.1, 0.15) is 33.1 Å². The summed E-state index contributed by atoms with van der Waals surface area (Å²) in [6, 6.07) is 0. The summed E-state index contributed by atoms with van der Waals surface area (Å²) in [5, 5.41) is 10.3. The summed E-state index contributed by atoms with van der Waals surface area (Å²) in [6.45, 7) is 3.33. The van der Waals surface area contributed by atoms with Crippen molar-refractivity contribution < 1.29 is 24.2 Å². The Morgan fingerprint density at radius 2 is 2.19 bits per heavy atom. The van der Waals surface area contributed by atoms with E-state index in [9.17, 15) is 19.5 Å². The zero-order chi connectivity index (χ0) is 15.6. The minimum absolute atomic E-state index is 0.0174. The molecule has 5 fully saturated rings. The van der Waals surface area contributed by atoms with E-state index in [2.05, 4.69) is 0 Å². The van der Waals surface area contributed by atoms with Crippen LogP contribution in [-0.4, -0.2) is 28.6 Å². The molecule has 6 nitrogen and oxygen atoms in total. The first-order valence-electron chi connectivity index (χ1n) is 7.17. The van der Waals surface area contributed by atoms with Crippen LogP contribution in [0, 0.1) is 23.2 Å². The summed E-state index contributed by atoms with van der Waals surface area (Å²) >= 11 is 0. The van der Waals surface area contributed by atoms with Gasteiger partial charge in [0.25, 0.3) is 0 Å². The monoisotopic (exact) mass is 293 g/mol. The fourth-order valence-electron chi connectivity index (χ4n) is 4.35. The van der Waals surface area contributed by atoms with E-state index in [-0.39, 0.29) is 35.5 Å². The van der Waals surface area contributed by atoms with Gasteiger partial charge in [-0.1, -0.05) is 6.92 Å². The maximum absolute atomic E-state index is 12.3. The number of hydrogen-bond donors (Lipinski definition) is 2. The molecule has 2 saturated heterocycles. The highest BCUT2D eigenvalue weighted by molar-refractivity contribution is 6.02. The summed E-state index contributed by atoms with van der Waals surface area (Å²) in [7, 11) is 0. The van der Waals surface area contributed by atoms with Crippen LogP contribution >= 0.6 is 0 Å². The van der Waals surface area contributed by atoms with Gasteiger partial charge in [-0.05, 0) is 31.3 Å². The number of aliphatic hydroxyl groups is 1. The lowest BCUT2D eigenvalue weighted by atomic mass is 9.40. The van der Waals surface area contributed by atoms with Gasteiger partial charge < -0.3 is 15.6 Å². The van der Waals surface area contributed by atoms with Crippen LogP contribution in [0.3, 0.4) is 0 Å². The lowest BCUT2D eigenvalue weighted by molar-refractivity contribution is -0.354. The van der Waals surface area contributed by atoms with Gasteiger partial charge in [0.2, 0.25) is 11.7 Å². The third kappa shape index (κ3) is 1.71. The molecule has 0 spiro atoms. The van der Waals surface area contributed by atoms with Gasteiger partial charge in [-0.3, -0.25) is 14.4 Å². The molecule has 3 aliphatic carbocycles. The van der Waals surface area contributed by atoms with Gasteiger partial charge in [-0.25, -0.2) is 0 Å². The molecule has 4 bridgehead atoms. The summed E-state index contributed by atoms with van der Waals surface area (Å²) < 4.78 is 5.19. The molecule has 0 radical (unpaired) electrons. The number of ketones is 1. The average molecular weight is 293 g/mol. The molecule has 2 heterocycles. The van der Waals surface area contributed by atoms with Crippen molar-refractivity contribution in [1.82, 2.24) is 0 Å². The Kier molecular flexibility index (Phi) is 2.82. The molecule has 5 rings (SSSR count). The van der Waals surface area contributed by atoms with Crippen molar-refractivity contribution in [1.29, 1.82) is 0 Å². The summed E-state index contributed by atoms with van der Waals surface area (Å²) in [5.74, 6) is -3.01. The Bertz CT molecular complexity index is 583. The first-order chi connectivity index (χ1) is 9.70.